The van der Waals surface area contributed by atoms with Crippen LogP contribution in [0.4, 0.5) is 17.3 Å². The lowest BCUT2D eigenvalue weighted by atomic mass is 10.2. The highest BCUT2D eigenvalue weighted by Crippen LogP contribution is 2.26. The van der Waals surface area contributed by atoms with Crippen LogP contribution < -0.4 is 11.1 Å². The van der Waals surface area contributed by atoms with Gasteiger partial charge in [0.1, 0.15) is 6.33 Å². The van der Waals surface area contributed by atoms with E-state index in [0.717, 1.165) is 6.33 Å². The molecule has 8 nitrogen and oxygen atoms in total. The van der Waals surface area contributed by atoms with Gasteiger partial charge < -0.3 is 16.2 Å². The van der Waals surface area contributed by atoms with Crippen LogP contribution in [0.2, 0.25) is 0 Å². The first-order chi connectivity index (χ1) is 7.60. The molecule has 1 heterocycles. The molecule has 0 saturated carbocycles. The maximum atomic E-state index is 10.7. The van der Waals surface area contributed by atoms with Crippen molar-refractivity contribution in [2.45, 2.75) is 19.4 Å². The molecule has 0 aliphatic heterocycles. The fourth-order valence-electron chi connectivity index (χ4n) is 1.15. The Bertz CT molecular complexity index is 380. The predicted molar refractivity (Wildman–Crippen MR) is 57.9 cm³/mol. The Hall–Kier alpha value is -1.96. The Morgan fingerprint density at radius 3 is 2.88 bits per heavy atom. The Balaban J connectivity index is 3.03. The predicted octanol–water partition coefficient (Wildman–Crippen LogP) is 0.150. The average Bonchev–Trinajstić information content (AvgIpc) is 2.25. The molecule has 0 aromatic carbocycles. The highest BCUT2D eigenvalue weighted by atomic mass is 16.6. The van der Waals surface area contributed by atoms with Gasteiger partial charge in [-0.15, -0.1) is 0 Å². The van der Waals surface area contributed by atoms with Gasteiger partial charge in [-0.2, -0.15) is 0 Å². The van der Waals surface area contributed by atoms with Crippen LogP contribution in [0.1, 0.15) is 13.3 Å². The third kappa shape index (κ3) is 2.54. The van der Waals surface area contributed by atoms with E-state index in [1.54, 1.807) is 0 Å². The molecule has 1 aromatic rings. The van der Waals surface area contributed by atoms with Crippen LogP contribution in [0.15, 0.2) is 6.33 Å². The van der Waals surface area contributed by atoms with Crippen molar-refractivity contribution in [3.63, 3.8) is 0 Å². The zero-order valence-corrected chi connectivity index (χ0v) is 8.75. The highest BCUT2D eigenvalue weighted by molar-refractivity contribution is 5.67. The standard InChI is InChI=1S/C8H13N5O3/c1-2-5(3-14)12-8-6(13(15)16)7(9)10-4-11-8/h4-5,14H,2-3H2,1H3,(H3,9,10,11,12)/t5-/m0/s1. The van der Waals surface area contributed by atoms with Gasteiger partial charge in [-0.05, 0) is 6.42 Å². The van der Waals surface area contributed by atoms with Gasteiger partial charge in [-0.25, -0.2) is 9.97 Å². The summed E-state index contributed by atoms with van der Waals surface area (Å²) in [7, 11) is 0. The van der Waals surface area contributed by atoms with E-state index in [1.165, 1.54) is 0 Å². The molecular formula is C8H13N5O3. The number of rotatable bonds is 5. The molecule has 0 aliphatic carbocycles. The number of aliphatic hydroxyl groups excluding tert-OH is 1. The van der Waals surface area contributed by atoms with E-state index >= 15 is 0 Å². The number of nitrogens with one attached hydrogen (secondary N) is 1. The molecule has 8 heteroatoms. The van der Waals surface area contributed by atoms with Crippen molar-refractivity contribution in [3.8, 4) is 0 Å². The molecular weight excluding hydrogens is 214 g/mol. The summed E-state index contributed by atoms with van der Waals surface area (Å²) in [6, 6.07) is -0.298. The summed E-state index contributed by atoms with van der Waals surface area (Å²) in [5.74, 6) is -0.173. The number of hydrogen-bond donors (Lipinski definition) is 3. The quantitative estimate of drug-likeness (QED) is 0.482. The number of anilines is 2. The molecule has 16 heavy (non-hydrogen) atoms. The number of aliphatic hydroxyl groups is 1. The van der Waals surface area contributed by atoms with Crippen LogP contribution in [0.25, 0.3) is 0 Å². The number of nitrogens with zero attached hydrogens (tertiary/aromatic N) is 3. The summed E-state index contributed by atoms with van der Waals surface area (Å²) in [6.45, 7) is 1.70. The van der Waals surface area contributed by atoms with E-state index in [2.05, 4.69) is 15.3 Å². The van der Waals surface area contributed by atoms with Crippen molar-refractivity contribution in [1.82, 2.24) is 9.97 Å². The number of hydrogen-bond acceptors (Lipinski definition) is 7. The first kappa shape index (κ1) is 12.1. The van der Waals surface area contributed by atoms with Crippen molar-refractivity contribution in [2.75, 3.05) is 17.7 Å². The largest absolute Gasteiger partial charge is 0.394 e. The second-order valence-corrected chi connectivity index (χ2v) is 3.15. The van der Waals surface area contributed by atoms with Gasteiger partial charge in [0.15, 0.2) is 0 Å². The maximum Gasteiger partial charge on any atom is 0.352 e. The Kier molecular flexibility index (Phi) is 3.95. The van der Waals surface area contributed by atoms with Crippen LogP contribution in [-0.2, 0) is 0 Å². The van der Waals surface area contributed by atoms with Crippen molar-refractivity contribution in [1.29, 1.82) is 0 Å². The Morgan fingerprint density at radius 1 is 1.69 bits per heavy atom. The van der Waals surface area contributed by atoms with Crippen LogP contribution in [-0.4, -0.2) is 32.6 Å². The van der Waals surface area contributed by atoms with Crippen LogP contribution in [0, 0.1) is 10.1 Å². The van der Waals surface area contributed by atoms with E-state index in [4.69, 9.17) is 10.8 Å². The fourth-order valence-corrected chi connectivity index (χ4v) is 1.15. The number of nitro groups is 1. The van der Waals surface area contributed by atoms with Gasteiger partial charge in [-0.1, -0.05) is 6.92 Å². The smallest absolute Gasteiger partial charge is 0.352 e. The Labute approximate surface area is 91.7 Å². The number of nitrogens with two attached hydrogens (primary N) is 1. The van der Waals surface area contributed by atoms with E-state index in [9.17, 15) is 10.1 Å². The second-order valence-electron chi connectivity index (χ2n) is 3.15. The zero-order chi connectivity index (χ0) is 12.1. The number of nitrogen functional groups attached to an aromatic ring is 1. The summed E-state index contributed by atoms with van der Waals surface area (Å²) in [6.07, 6.45) is 1.74. The summed E-state index contributed by atoms with van der Waals surface area (Å²) in [5.41, 5.74) is 5.02. The molecule has 0 bridgehead atoms. The van der Waals surface area contributed by atoms with Crippen molar-refractivity contribution < 1.29 is 10.0 Å². The first-order valence-corrected chi connectivity index (χ1v) is 4.72. The fraction of sp³-hybridized carbons (Fsp3) is 0.500. The summed E-state index contributed by atoms with van der Waals surface area (Å²) in [5, 5.41) is 22.5. The number of aromatic nitrogens is 2. The van der Waals surface area contributed by atoms with Crippen molar-refractivity contribution in [3.05, 3.63) is 16.4 Å². The van der Waals surface area contributed by atoms with Gasteiger partial charge >= 0.3 is 5.69 Å². The Morgan fingerprint density at radius 2 is 2.38 bits per heavy atom. The van der Waals surface area contributed by atoms with Crippen molar-refractivity contribution >= 4 is 17.3 Å². The lowest BCUT2D eigenvalue weighted by Gasteiger charge is -2.14. The molecule has 0 amide bonds. The van der Waals surface area contributed by atoms with Gasteiger partial charge in [0.2, 0.25) is 11.6 Å². The van der Waals surface area contributed by atoms with E-state index in [-0.39, 0.29) is 30.0 Å². The molecule has 0 radical (unpaired) electrons. The SMILES string of the molecule is CC[C@@H](CO)Nc1ncnc(N)c1[N+](=O)[O-]. The zero-order valence-electron chi connectivity index (χ0n) is 8.75. The summed E-state index contributed by atoms with van der Waals surface area (Å²) < 4.78 is 0. The minimum Gasteiger partial charge on any atom is -0.394 e. The molecule has 1 rings (SSSR count). The lowest BCUT2D eigenvalue weighted by molar-refractivity contribution is -0.383. The van der Waals surface area contributed by atoms with Crippen molar-refractivity contribution in [2.24, 2.45) is 0 Å². The summed E-state index contributed by atoms with van der Waals surface area (Å²) >= 11 is 0. The van der Waals surface area contributed by atoms with E-state index < -0.39 is 4.92 Å². The van der Waals surface area contributed by atoms with Crippen LogP contribution in [0.5, 0.6) is 0 Å². The molecule has 4 N–H and O–H groups in total. The average molecular weight is 227 g/mol. The molecule has 0 saturated heterocycles. The minimum atomic E-state index is -0.651. The molecule has 1 atom stereocenters. The summed E-state index contributed by atoms with van der Waals surface area (Å²) in [4.78, 5) is 17.4. The lowest BCUT2D eigenvalue weighted by Crippen LogP contribution is -2.24. The topological polar surface area (TPSA) is 127 Å². The molecule has 1 aromatic heterocycles. The van der Waals surface area contributed by atoms with Gasteiger partial charge in [0.05, 0.1) is 17.6 Å². The van der Waals surface area contributed by atoms with Gasteiger partial charge in [0.25, 0.3) is 0 Å². The van der Waals surface area contributed by atoms with Crippen LogP contribution >= 0.6 is 0 Å². The van der Waals surface area contributed by atoms with E-state index in [1.807, 2.05) is 6.92 Å². The first-order valence-electron chi connectivity index (χ1n) is 4.72. The minimum absolute atomic E-state index is 0.0263. The maximum absolute atomic E-state index is 10.7. The molecule has 88 valence electrons. The third-order valence-electron chi connectivity index (χ3n) is 2.09. The molecule has 0 spiro atoms. The molecule has 0 unspecified atom stereocenters. The van der Waals surface area contributed by atoms with Gasteiger partial charge in [-0.3, -0.25) is 10.1 Å². The highest BCUT2D eigenvalue weighted by Gasteiger charge is 2.22. The third-order valence-corrected chi connectivity index (χ3v) is 2.09. The van der Waals surface area contributed by atoms with E-state index in [0.29, 0.717) is 6.42 Å². The normalized spacial score (nSPS) is 12.1. The monoisotopic (exact) mass is 227 g/mol. The second kappa shape index (κ2) is 5.21. The van der Waals surface area contributed by atoms with Crippen LogP contribution in [0.3, 0.4) is 0 Å². The molecule has 0 fully saturated rings. The van der Waals surface area contributed by atoms with Gasteiger partial charge in [0, 0.05) is 0 Å². The molecule has 0 aliphatic rings.